The lowest BCUT2D eigenvalue weighted by molar-refractivity contribution is -0.386. The van der Waals surface area contributed by atoms with E-state index in [2.05, 4.69) is 13.8 Å². The van der Waals surface area contributed by atoms with Crippen LogP contribution in [0.2, 0.25) is 0 Å². The average Bonchev–Trinajstić information content (AvgIpc) is 2.39. The van der Waals surface area contributed by atoms with Gasteiger partial charge in [0.1, 0.15) is 5.69 Å². The number of anilines is 1. The van der Waals surface area contributed by atoms with E-state index in [9.17, 15) is 10.1 Å². The van der Waals surface area contributed by atoms with Crippen LogP contribution in [0.3, 0.4) is 0 Å². The van der Waals surface area contributed by atoms with Crippen molar-refractivity contribution in [2.24, 2.45) is 0 Å². The van der Waals surface area contributed by atoms with Crippen molar-refractivity contribution in [1.82, 2.24) is 0 Å². The van der Waals surface area contributed by atoms with Crippen molar-refractivity contribution < 1.29 is 4.92 Å². The van der Waals surface area contributed by atoms with Crippen LogP contribution in [0.1, 0.15) is 25.3 Å². The van der Waals surface area contributed by atoms with Gasteiger partial charge in [0.25, 0.3) is 0 Å². The highest BCUT2D eigenvalue weighted by Gasteiger charge is 2.18. The van der Waals surface area contributed by atoms with Crippen LogP contribution in [0.25, 0.3) is 0 Å². The molecule has 20 heavy (non-hydrogen) atoms. The smallest absolute Gasteiger partial charge is 0.305 e. The van der Waals surface area contributed by atoms with Crippen molar-refractivity contribution >= 4 is 23.1 Å². The van der Waals surface area contributed by atoms with Gasteiger partial charge in [-0.1, -0.05) is 43.8 Å². The highest BCUT2D eigenvalue weighted by molar-refractivity contribution is 7.99. The molecule has 0 aliphatic heterocycles. The summed E-state index contributed by atoms with van der Waals surface area (Å²) in [6.45, 7) is 4.26. The molecule has 0 aliphatic rings. The molecule has 0 unspecified atom stereocenters. The summed E-state index contributed by atoms with van der Waals surface area (Å²) in [6, 6.07) is 13.0. The van der Waals surface area contributed by atoms with Gasteiger partial charge in [-0.05, 0) is 35.7 Å². The van der Waals surface area contributed by atoms with E-state index in [1.807, 2.05) is 24.3 Å². The number of benzene rings is 2. The summed E-state index contributed by atoms with van der Waals surface area (Å²) in [5.41, 5.74) is 7.10. The Morgan fingerprint density at radius 3 is 2.35 bits per heavy atom. The fraction of sp³-hybridized carbons (Fsp3) is 0.200. The molecule has 0 bridgehead atoms. The molecule has 2 N–H and O–H groups in total. The lowest BCUT2D eigenvalue weighted by Crippen LogP contribution is -1.97. The Hall–Kier alpha value is -2.01. The number of hydrogen-bond acceptors (Lipinski definition) is 4. The number of nitrogens with zero attached hydrogens (tertiary/aromatic N) is 1. The molecule has 2 aromatic rings. The lowest BCUT2D eigenvalue weighted by atomic mass is 10.0. The van der Waals surface area contributed by atoms with E-state index >= 15 is 0 Å². The fourth-order valence-corrected chi connectivity index (χ4v) is 2.83. The second kappa shape index (κ2) is 5.96. The third-order valence-electron chi connectivity index (χ3n) is 2.99. The first kappa shape index (κ1) is 14.4. The summed E-state index contributed by atoms with van der Waals surface area (Å²) >= 11 is 1.36. The Morgan fingerprint density at radius 1 is 1.15 bits per heavy atom. The number of nitrogens with two attached hydrogens (primary N) is 1. The van der Waals surface area contributed by atoms with Gasteiger partial charge in [-0.15, -0.1) is 0 Å². The van der Waals surface area contributed by atoms with Gasteiger partial charge >= 0.3 is 5.69 Å². The Bertz CT molecular complexity index is 624. The fourth-order valence-electron chi connectivity index (χ4n) is 1.86. The van der Waals surface area contributed by atoms with Crippen LogP contribution in [-0.2, 0) is 0 Å². The average molecular weight is 288 g/mol. The number of nitro benzene ring substituents is 1. The largest absolute Gasteiger partial charge is 0.393 e. The molecule has 0 amide bonds. The number of nitrogen functional groups attached to an aromatic ring is 1. The second-order valence-corrected chi connectivity index (χ2v) is 5.89. The summed E-state index contributed by atoms with van der Waals surface area (Å²) < 4.78 is 0. The molecule has 0 saturated heterocycles. The van der Waals surface area contributed by atoms with Crippen LogP contribution in [-0.4, -0.2) is 4.92 Å². The second-order valence-electron chi connectivity index (χ2n) is 4.78. The highest BCUT2D eigenvalue weighted by Crippen LogP contribution is 2.38. The van der Waals surface area contributed by atoms with Gasteiger partial charge in [-0.25, -0.2) is 0 Å². The van der Waals surface area contributed by atoms with Gasteiger partial charge in [0.15, 0.2) is 0 Å². The maximum Gasteiger partial charge on any atom is 0.305 e. The normalized spacial score (nSPS) is 10.8. The van der Waals surface area contributed by atoms with Crippen molar-refractivity contribution in [1.29, 1.82) is 0 Å². The van der Waals surface area contributed by atoms with Gasteiger partial charge in [0.2, 0.25) is 0 Å². The van der Waals surface area contributed by atoms with Crippen LogP contribution in [0.4, 0.5) is 11.4 Å². The zero-order valence-corrected chi connectivity index (χ0v) is 12.2. The van der Waals surface area contributed by atoms with Crippen molar-refractivity contribution in [2.75, 3.05) is 5.73 Å². The summed E-state index contributed by atoms with van der Waals surface area (Å²) in [7, 11) is 0. The minimum Gasteiger partial charge on any atom is -0.393 e. The Labute approximate surface area is 122 Å². The monoisotopic (exact) mass is 288 g/mol. The molecule has 0 saturated carbocycles. The SMILES string of the molecule is CC(C)c1ccc(Sc2cccc(N)c2[N+](=O)[O-])cc1. The first-order chi connectivity index (χ1) is 9.49. The Morgan fingerprint density at radius 2 is 1.80 bits per heavy atom. The van der Waals surface area contributed by atoms with Crippen molar-refractivity contribution in [3.05, 3.63) is 58.1 Å². The summed E-state index contributed by atoms with van der Waals surface area (Å²) in [5, 5.41) is 11.1. The van der Waals surface area contributed by atoms with Gasteiger partial charge in [0, 0.05) is 4.90 Å². The quantitative estimate of drug-likeness (QED) is 0.512. The maximum atomic E-state index is 11.1. The van der Waals surface area contributed by atoms with Crippen LogP contribution < -0.4 is 5.73 Å². The summed E-state index contributed by atoms with van der Waals surface area (Å²) in [5.74, 6) is 0.468. The minimum absolute atomic E-state index is 0.0227. The maximum absolute atomic E-state index is 11.1. The molecular weight excluding hydrogens is 272 g/mol. The molecule has 0 aliphatic carbocycles. The summed E-state index contributed by atoms with van der Waals surface area (Å²) in [6.07, 6.45) is 0. The van der Waals surface area contributed by atoms with Gasteiger partial charge in [-0.2, -0.15) is 0 Å². The zero-order valence-electron chi connectivity index (χ0n) is 11.4. The third kappa shape index (κ3) is 3.11. The predicted octanol–water partition coefficient (Wildman–Crippen LogP) is 4.45. The molecule has 4 nitrogen and oxygen atoms in total. The van der Waals surface area contributed by atoms with Crippen LogP contribution in [0, 0.1) is 10.1 Å². The van der Waals surface area contributed by atoms with Gasteiger partial charge in [-0.3, -0.25) is 10.1 Å². The van der Waals surface area contributed by atoms with Crippen molar-refractivity contribution in [2.45, 2.75) is 29.6 Å². The van der Waals surface area contributed by atoms with Gasteiger partial charge in [0.05, 0.1) is 9.82 Å². The molecule has 0 aromatic heterocycles. The molecule has 5 heteroatoms. The lowest BCUT2D eigenvalue weighted by Gasteiger charge is -2.07. The number of para-hydroxylation sites is 1. The minimum atomic E-state index is -0.430. The van der Waals surface area contributed by atoms with E-state index in [1.54, 1.807) is 18.2 Å². The van der Waals surface area contributed by atoms with E-state index < -0.39 is 4.92 Å². The molecule has 0 spiro atoms. The molecular formula is C15H16N2O2S. The highest BCUT2D eigenvalue weighted by atomic mass is 32.2. The Kier molecular flexibility index (Phi) is 4.29. The van der Waals surface area contributed by atoms with Crippen LogP contribution in [0.15, 0.2) is 52.3 Å². The summed E-state index contributed by atoms with van der Waals surface area (Å²) in [4.78, 5) is 12.2. The first-order valence-corrected chi connectivity index (χ1v) is 7.11. The van der Waals surface area contributed by atoms with E-state index in [-0.39, 0.29) is 11.4 Å². The number of nitro groups is 1. The first-order valence-electron chi connectivity index (χ1n) is 6.29. The van der Waals surface area contributed by atoms with Crippen LogP contribution in [0.5, 0.6) is 0 Å². The van der Waals surface area contributed by atoms with E-state index in [1.165, 1.54) is 17.3 Å². The predicted molar refractivity (Wildman–Crippen MR) is 82.2 cm³/mol. The molecule has 104 valence electrons. The molecule has 0 fully saturated rings. The Balaban J connectivity index is 2.30. The van der Waals surface area contributed by atoms with E-state index in [0.29, 0.717) is 10.8 Å². The standard InChI is InChI=1S/C15H16N2O2S/c1-10(2)11-6-8-12(9-7-11)20-14-5-3-4-13(16)15(14)17(18)19/h3-10H,16H2,1-2H3. The molecule has 0 heterocycles. The van der Waals surface area contributed by atoms with E-state index in [4.69, 9.17) is 5.73 Å². The number of rotatable bonds is 4. The van der Waals surface area contributed by atoms with Crippen molar-refractivity contribution in [3.8, 4) is 0 Å². The molecule has 0 radical (unpaired) electrons. The van der Waals surface area contributed by atoms with Gasteiger partial charge < -0.3 is 5.73 Å². The number of hydrogen-bond donors (Lipinski definition) is 1. The topological polar surface area (TPSA) is 69.2 Å². The third-order valence-corrected chi connectivity index (χ3v) is 4.04. The zero-order chi connectivity index (χ0) is 14.7. The molecule has 2 rings (SSSR count). The molecule has 2 aromatic carbocycles. The van der Waals surface area contributed by atoms with Crippen molar-refractivity contribution in [3.63, 3.8) is 0 Å². The van der Waals surface area contributed by atoms with Crippen LogP contribution >= 0.6 is 11.8 Å². The van der Waals surface area contributed by atoms with E-state index in [0.717, 1.165) is 4.90 Å². The molecule has 0 atom stereocenters.